The third kappa shape index (κ3) is 3.76. The lowest BCUT2D eigenvalue weighted by Crippen LogP contribution is -1.98. The van der Waals surface area contributed by atoms with E-state index in [1.165, 1.54) is 12.1 Å². The first-order valence-electron chi connectivity index (χ1n) is 8.22. The summed E-state index contributed by atoms with van der Waals surface area (Å²) in [5, 5.41) is 21.0. The average molecular weight is 378 g/mol. The van der Waals surface area contributed by atoms with Crippen LogP contribution in [0.2, 0.25) is 5.02 Å². The highest BCUT2D eigenvalue weighted by molar-refractivity contribution is 6.30. The number of non-ortho nitro benzene ring substituents is 1. The van der Waals surface area contributed by atoms with Gasteiger partial charge in [-0.05, 0) is 73.5 Å². The van der Waals surface area contributed by atoms with Crippen LogP contribution in [0.4, 0.5) is 5.69 Å². The van der Waals surface area contributed by atoms with Crippen molar-refractivity contribution in [3.8, 4) is 11.8 Å². The van der Waals surface area contributed by atoms with Crippen LogP contribution in [-0.2, 0) is 0 Å². The number of nitriles is 1. The molecule has 0 aliphatic heterocycles. The largest absolute Gasteiger partial charge is 0.318 e. The molecular weight excluding hydrogens is 362 g/mol. The zero-order valence-electron chi connectivity index (χ0n) is 14.8. The Morgan fingerprint density at radius 1 is 1.15 bits per heavy atom. The van der Waals surface area contributed by atoms with E-state index in [-0.39, 0.29) is 5.69 Å². The second-order valence-corrected chi connectivity index (χ2v) is 6.55. The lowest BCUT2D eigenvalue weighted by molar-refractivity contribution is -0.384. The van der Waals surface area contributed by atoms with E-state index in [0.29, 0.717) is 16.2 Å². The van der Waals surface area contributed by atoms with E-state index in [9.17, 15) is 15.4 Å². The van der Waals surface area contributed by atoms with Crippen molar-refractivity contribution in [2.75, 3.05) is 0 Å². The second kappa shape index (κ2) is 7.48. The highest BCUT2D eigenvalue weighted by atomic mass is 35.5. The number of nitro benzene ring substituents is 1. The maximum absolute atomic E-state index is 10.8. The minimum atomic E-state index is -0.459. The fourth-order valence-electron chi connectivity index (χ4n) is 3.02. The van der Waals surface area contributed by atoms with E-state index in [4.69, 9.17) is 11.6 Å². The molecule has 0 saturated heterocycles. The van der Waals surface area contributed by atoms with E-state index in [2.05, 4.69) is 10.6 Å². The first-order valence-corrected chi connectivity index (χ1v) is 8.60. The van der Waals surface area contributed by atoms with E-state index in [0.717, 1.165) is 22.6 Å². The van der Waals surface area contributed by atoms with Crippen molar-refractivity contribution in [1.82, 2.24) is 4.57 Å². The highest BCUT2D eigenvalue weighted by Gasteiger charge is 2.12. The van der Waals surface area contributed by atoms with Gasteiger partial charge < -0.3 is 4.57 Å². The highest BCUT2D eigenvalue weighted by Crippen LogP contribution is 2.26. The Kier molecular flexibility index (Phi) is 5.11. The molecule has 1 heterocycles. The van der Waals surface area contributed by atoms with Crippen LogP contribution >= 0.6 is 11.6 Å². The molecule has 0 spiro atoms. The number of hydrogen-bond acceptors (Lipinski definition) is 3. The summed E-state index contributed by atoms with van der Waals surface area (Å²) in [5.74, 6) is 0. The molecule has 0 saturated carbocycles. The van der Waals surface area contributed by atoms with Crippen LogP contribution in [0.25, 0.3) is 17.3 Å². The van der Waals surface area contributed by atoms with Gasteiger partial charge in [0.1, 0.15) is 0 Å². The van der Waals surface area contributed by atoms with Crippen LogP contribution in [0.5, 0.6) is 0 Å². The zero-order valence-corrected chi connectivity index (χ0v) is 15.6. The van der Waals surface area contributed by atoms with Gasteiger partial charge in [-0.3, -0.25) is 10.1 Å². The summed E-state index contributed by atoms with van der Waals surface area (Å²) in [6.07, 6.45) is 1.80. The number of rotatable bonds is 4. The second-order valence-electron chi connectivity index (χ2n) is 6.11. The van der Waals surface area contributed by atoms with Crippen molar-refractivity contribution in [2.24, 2.45) is 0 Å². The number of halogens is 1. The van der Waals surface area contributed by atoms with Gasteiger partial charge in [0.2, 0.25) is 0 Å². The lowest BCUT2D eigenvalue weighted by Gasteiger charge is -2.09. The number of aryl methyl sites for hydroxylation is 1. The van der Waals surface area contributed by atoms with Gasteiger partial charge in [-0.1, -0.05) is 11.6 Å². The molecule has 6 heteroatoms. The molecular formula is C21H16ClN3O2. The molecule has 2 aromatic carbocycles. The van der Waals surface area contributed by atoms with Crippen LogP contribution in [0, 0.1) is 35.3 Å². The number of allylic oxidation sites excluding steroid dienone is 1. The van der Waals surface area contributed by atoms with Crippen molar-refractivity contribution in [3.63, 3.8) is 0 Å². The third-order valence-electron chi connectivity index (χ3n) is 4.36. The molecule has 0 aliphatic carbocycles. The normalized spacial score (nSPS) is 11.3. The molecule has 27 heavy (non-hydrogen) atoms. The molecule has 0 aliphatic rings. The summed E-state index contributed by atoms with van der Waals surface area (Å²) >= 11 is 5.97. The molecule has 0 unspecified atom stereocenters. The Morgan fingerprint density at radius 3 is 2.33 bits per heavy atom. The van der Waals surface area contributed by atoms with Crippen molar-refractivity contribution in [1.29, 1.82) is 5.26 Å². The Labute approximate surface area is 161 Å². The fraction of sp³-hybridized carbons (Fsp3) is 0.0952. The summed E-state index contributed by atoms with van der Waals surface area (Å²) in [6, 6.07) is 17.7. The molecule has 3 aromatic rings. The van der Waals surface area contributed by atoms with Crippen molar-refractivity contribution in [2.45, 2.75) is 13.8 Å². The monoisotopic (exact) mass is 377 g/mol. The summed E-state index contributed by atoms with van der Waals surface area (Å²) in [5.41, 5.74) is 5.00. The molecule has 0 radical (unpaired) electrons. The van der Waals surface area contributed by atoms with E-state index < -0.39 is 4.92 Å². The van der Waals surface area contributed by atoms with Crippen LogP contribution < -0.4 is 0 Å². The topological polar surface area (TPSA) is 71.9 Å². The summed E-state index contributed by atoms with van der Waals surface area (Å²) in [6.45, 7) is 3.98. The summed E-state index contributed by atoms with van der Waals surface area (Å²) in [7, 11) is 0. The zero-order chi connectivity index (χ0) is 19.6. The number of hydrogen-bond donors (Lipinski definition) is 0. The summed E-state index contributed by atoms with van der Waals surface area (Å²) in [4.78, 5) is 10.3. The van der Waals surface area contributed by atoms with Crippen molar-refractivity contribution >= 4 is 28.9 Å². The smallest absolute Gasteiger partial charge is 0.269 e. The molecule has 5 nitrogen and oxygen atoms in total. The molecule has 1 aromatic heterocycles. The molecule has 0 N–H and O–H groups in total. The minimum Gasteiger partial charge on any atom is -0.318 e. The third-order valence-corrected chi connectivity index (χ3v) is 4.62. The first kappa shape index (κ1) is 18.4. The Balaban J connectivity index is 2.03. The van der Waals surface area contributed by atoms with Gasteiger partial charge in [0.15, 0.2) is 0 Å². The average Bonchev–Trinajstić information content (AvgIpc) is 2.94. The lowest BCUT2D eigenvalue weighted by atomic mass is 10.0. The standard InChI is InChI=1S/C21H16ClN3O2/c1-14-11-17(15(2)24(14)20-9-5-19(22)6-10-20)12-18(13-23)16-3-7-21(8-4-16)25(26)27/h3-12H,1-2H3/b18-12-. The van der Waals surface area contributed by atoms with Crippen LogP contribution in [0.3, 0.4) is 0 Å². The Hall–Kier alpha value is -3.36. The van der Waals surface area contributed by atoms with Crippen molar-refractivity contribution in [3.05, 3.63) is 92.2 Å². The van der Waals surface area contributed by atoms with E-state index in [1.54, 1.807) is 18.2 Å². The van der Waals surface area contributed by atoms with E-state index in [1.807, 2.05) is 44.2 Å². The summed E-state index contributed by atoms with van der Waals surface area (Å²) < 4.78 is 2.09. The fourth-order valence-corrected chi connectivity index (χ4v) is 3.15. The van der Waals surface area contributed by atoms with Gasteiger partial charge in [-0.25, -0.2) is 0 Å². The number of aromatic nitrogens is 1. The Morgan fingerprint density at radius 2 is 1.78 bits per heavy atom. The molecule has 0 fully saturated rings. The van der Waals surface area contributed by atoms with Crippen molar-refractivity contribution < 1.29 is 4.92 Å². The van der Waals surface area contributed by atoms with Crippen LogP contribution in [0.15, 0.2) is 54.6 Å². The minimum absolute atomic E-state index is 0.00282. The first-order chi connectivity index (χ1) is 12.9. The maximum atomic E-state index is 10.8. The molecule has 0 amide bonds. The quantitative estimate of drug-likeness (QED) is 0.331. The van der Waals surface area contributed by atoms with Crippen LogP contribution in [0.1, 0.15) is 22.5 Å². The predicted octanol–water partition coefficient (Wildman–Crippen LogP) is 5.72. The number of benzene rings is 2. The molecule has 134 valence electrons. The molecule has 0 atom stereocenters. The van der Waals surface area contributed by atoms with E-state index >= 15 is 0 Å². The van der Waals surface area contributed by atoms with Gasteiger partial charge in [-0.2, -0.15) is 5.26 Å². The van der Waals surface area contributed by atoms with Crippen LogP contribution in [-0.4, -0.2) is 9.49 Å². The predicted molar refractivity (Wildman–Crippen MR) is 107 cm³/mol. The van der Waals surface area contributed by atoms with Gasteiger partial charge in [-0.15, -0.1) is 0 Å². The van der Waals surface area contributed by atoms with Gasteiger partial charge >= 0.3 is 0 Å². The van der Waals surface area contributed by atoms with Gasteiger partial charge in [0.25, 0.3) is 5.69 Å². The van der Waals surface area contributed by atoms with Gasteiger partial charge in [0, 0.05) is 34.2 Å². The SMILES string of the molecule is Cc1cc(/C=C(/C#N)c2ccc([N+](=O)[O-])cc2)c(C)n1-c1ccc(Cl)cc1. The Bertz CT molecular complexity index is 1070. The van der Waals surface area contributed by atoms with Gasteiger partial charge in [0.05, 0.1) is 16.6 Å². The molecule has 3 rings (SSSR count). The molecule has 0 bridgehead atoms. The maximum Gasteiger partial charge on any atom is 0.269 e. The number of nitrogens with zero attached hydrogens (tertiary/aromatic N) is 3. The number of nitro groups is 1.